The topological polar surface area (TPSA) is 108 Å². The van der Waals surface area contributed by atoms with Gasteiger partial charge in [-0.3, -0.25) is 14.4 Å². The van der Waals surface area contributed by atoms with E-state index < -0.39 is 34.6 Å². The van der Waals surface area contributed by atoms with Crippen LogP contribution in [0.15, 0.2) is 0 Å². The molecular weight excluding hydrogens is 350 g/mol. The van der Waals surface area contributed by atoms with Gasteiger partial charge in [-0.25, -0.2) is 0 Å². The Morgan fingerprint density at radius 1 is 1.30 bits per heavy atom. The van der Waals surface area contributed by atoms with Crippen LogP contribution in [-0.4, -0.2) is 70.7 Å². The zero-order valence-corrected chi connectivity index (χ0v) is 16.8. The summed E-state index contributed by atoms with van der Waals surface area (Å²) in [5, 5.41) is 15.1. The normalized spacial score (nSPS) is 37.5. The van der Waals surface area contributed by atoms with Gasteiger partial charge in [0.05, 0.1) is 24.0 Å². The van der Waals surface area contributed by atoms with Crippen LogP contribution in [0.2, 0.25) is 0 Å². The number of carbonyl (C=O) groups excluding carboxylic acids is 3. The molecule has 8 nitrogen and oxygen atoms in total. The number of hydrogen-bond donors (Lipinski definition) is 3. The van der Waals surface area contributed by atoms with Gasteiger partial charge >= 0.3 is 0 Å². The minimum absolute atomic E-state index is 0.0439. The lowest BCUT2D eigenvalue weighted by atomic mass is 9.65. The molecule has 2 bridgehead atoms. The fourth-order valence-electron chi connectivity index (χ4n) is 5.36. The van der Waals surface area contributed by atoms with Gasteiger partial charge in [-0.05, 0) is 40.0 Å². The van der Waals surface area contributed by atoms with E-state index in [1.807, 2.05) is 27.7 Å². The molecule has 0 radical (unpaired) electrons. The van der Waals surface area contributed by atoms with E-state index in [1.165, 1.54) is 4.90 Å². The van der Waals surface area contributed by atoms with Gasteiger partial charge in [0.15, 0.2) is 0 Å². The van der Waals surface area contributed by atoms with Crippen LogP contribution in [0.1, 0.15) is 47.0 Å². The third kappa shape index (κ3) is 2.76. The number of amides is 3. The van der Waals surface area contributed by atoms with Crippen molar-refractivity contribution >= 4 is 17.7 Å². The molecule has 3 N–H and O–H groups in total. The van der Waals surface area contributed by atoms with E-state index in [-0.39, 0.29) is 30.9 Å². The van der Waals surface area contributed by atoms with Crippen LogP contribution in [0.4, 0.5) is 0 Å². The van der Waals surface area contributed by atoms with Crippen LogP contribution in [0.25, 0.3) is 0 Å². The maximum Gasteiger partial charge on any atom is 0.246 e. The molecule has 0 aromatic rings. The molecule has 0 aliphatic carbocycles. The van der Waals surface area contributed by atoms with Crippen molar-refractivity contribution in [2.24, 2.45) is 11.8 Å². The van der Waals surface area contributed by atoms with E-state index in [2.05, 4.69) is 10.6 Å². The fourth-order valence-corrected chi connectivity index (χ4v) is 5.36. The number of likely N-dealkylation sites (tertiary alicyclic amines) is 1. The molecule has 1 spiro atoms. The lowest BCUT2D eigenvalue weighted by Gasteiger charge is -2.35. The Balaban J connectivity index is 2.08. The van der Waals surface area contributed by atoms with Crippen molar-refractivity contribution in [1.82, 2.24) is 15.5 Å². The number of nitrogens with one attached hydrogen (secondary N) is 2. The van der Waals surface area contributed by atoms with Crippen LogP contribution in [0.5, 0.6) is 0 Å². The maximum atomic E-state index is 13.3. The summed E-state index contributed by atoms with van der Waals surface area (Å²) in [5.74, 6) is -2.12. The molecule has 5 atom stereocenters. The summed E-state index contributed by atoms with van der Waals surface area (Å²) in [5.41, 5.74) is -2.21. The molecule has 3 rings (SSSR count). The number of β-amino-alcohol motifs (C(OH)–C–C–N with tert-alkyl or cyclic N) is 1. The molecule has 3 heterocycles. The average molecular weight is 381 g/mol. The van der Waals surface area contributed by atoms with Crippen LogP contribution < -0.4 is 10.6 Å². The van der Waals surface area contributed by atoms with Gasteiger partial charge in [0.1, 0.15) is 11.6 Å². The van der Waals surface area contributed by atoms with Crippen LogP contribution in [0, 0.1) is 11.8 Å². The standard InChI is InChI=1S/C19H31N3O5/c1-6-18-7-8-19(27-18)12(11(18)14(24)20-5)16(26)22(9-10-23)13(19)15(25)21-17(2,3)4/h11-13,23H,6-10H2,1-5H3,(H,20,24)(H,21,25)/t11-,12+,13?,18+,19?/m1/s1. The van der Waals surface area contributed by atoms with E-state index in [0.29, 0.717) is 19.3 Å². The second-order valence-corrected chi connectivity index (χ2v) is 8.94. The number of hydrogen-bond acceptors (Lipinski definition) is 5. The Labute approximate surface area is 160 Å². The molecule has 3 aliphatic rings. The van der Waals surface area contributed by atoms with Crippen molar-refractivity contribution in [3.05, 3.63) is 0 Å². The number of aliphatic hydroxyl groups excluding tert-OH is 1. The minimum Gasteiger partial charge on any atom is -0.395 e. The highest BCUT2D eigenvalue weighted by Crippen LogP contribution is 2.64. The molecule has 0 aromatic carbocycles. The largest absolute Gasteiger partial charge is 0.395 e. The van der Waals surface area contributed by atoms with E-state index in [0.717, 1.165) is 0 Å². The molecule has 0 saturated carbocycles. The summed E-state index contributed by atoms with van der Waals surface area (Å²) in [4.78, 5) is 40.6. The highest BCUT2D eigenvalue weighted by Gasteiger charge is 2.78. The van der Waals surface area contributed by atoms with Crippen LogP contribution in [0.3, 0.4) is 0 Å². The SMILES string of the molecule is CC[C@@]12CCC3(O1)C(C(=O)NC(C)(C)C)N(CCO)C(=O)[C@@H]3[C@@H]2C(=O)NC. The fraction of sp³-hybridized carbons (Fsp3) is 0.842. The quantitative estimate of drug-likeness (QED) is 0.611. The first-order chi connectivity index (χ1) is 12.6. The van der Waals surface area contributed by atoms with Crippen LogP contribution >= 0.6 is 0 Å². The number of carbonyl (C=O) groups is 3. The third-order valence-corrected chi connectivity index (χ3v) is 6.30. The molecule has 0 aromatic heterocycles. The number of rotatable bonds is 5. The van der Waals surface area contributed by atoms with Gasteiger partial charge < -0.3 is 25.4 Å². The van der Waals surface area contributed by atoms with Gasteiger partial charge in [-0.2, -0.15) is 0 Å². The first-order valence-corrected chi connectivity index (χ1v) is 9.72. The van der Waals surface area contributed by atoms with Gasteiger partial charge in [0, 0.05) is 19.1 Å². The molecule has 3 fully saturated rings. The molecule has 2 unspecified atom stereocenters. The van der Waals surface area contributed by atoms with Crippen molar-refractivity contribution < 1.29 is 24.2 Å². The molecule has 3 saturated heterocycles. The Morgan fingerprint density at radius 2 is 1.96 bits per heavy atom. The molecular formula is C19H31N3O5. The van der Waals surface area contributed by atoms with Crippen molar-refractivity contribution in [2.75, 3.05) is 20.2 Å². The Hall–Kier alpha value is -1.67. The summed E-state index contributed by atoms with van der Waals surface area (Å²) in [6.07, 6.45) is 1.79. The molecule has 8 heteroatoms. The number of ether oxygens (including phenoxy) is 1. The smallest absolute Gasteiger partial charge is 0.246 e. The zero-order chi connectivity index (χ0) is 20.2. The van der Waals surface area contributed by atoms with E-state index in [1.54, 1.807) is 7.05 Å². The lowest BCUT2D eigenvalue weighted by molar-refractivity contribution is -0.148. The molecule has 152 valence electrons. The van der Waals surface area contributed by atoms with Crippen molar-refractivity contribution in [1.29, 1.82) is 0 Å². The lowest BCUT2D eigenvalue weighted by Crippen LogP contribution is -2.58. The van der Waals surface area contributed by atoms with Gasteiger partial charge in [-0.15, -0.1) is 0 Å². The number of nitrogens with zero attached hydrogens (tertiary/aromatic N) is 1. The highest BCUT2D eigenvalue weighted by molar-refractivity contribution is 5.99. The first kappa shape index (κ1) is 20.1. The predicted molar refractivity (Wildman–Crippen MR) is 97.6 cm³/mol. The van der Waals surface area contributed by atoms with Gasteiger partial charge in [0.25, 0.3) is 0 Å². The predicted octanol–water partition coefficient (Wildman–Crippen LogP) is -0.206. The summed E-state index contributed by atoms with van der Waals surface area (Å²) < 4.78 is 6.49. The highest BCUT2D eigenvalue weighted by atomic mass is 16.5. The Bertz CT molecular complexity index is 660. The van der Waals surface area contributed by atoms with Crippen molar-refractivity contribution in [3.63, 3.8) is 0 Å². The summed E-state index contributed by atoms with van der Waals surface area (Å²) in [7, 11) is 1.55. The third-order valence-electron chi connectivity index (χ3n) is 6.30. The summed E-state index contributed by atoms with van der Waals surface area (Å²) in [6.45, 7) is 7.37. The van der Waals surface area contributed by atoms with E-state index in [9.17, 15) is 19.5 Å². The van der Waals surface area contributed by atoms with E-state index in [4.69, 9.17) is 4.74 Å². The Morgan fingerprint density at radius 3 is 2.48 bits per heavy atom. The van der Waals surface area contributed by atoms with E-state index >= 15 is 0 Å². The molecule has 3 aliphatic heterocycles. The van der Waals surface area contributed by atoms with Crippen LogP contribution in [-0.2, 0) is 19.1 Å². The number of aliphatic hydroxyl groups is 1. The molecule has 27 heavy (non-hydrogen) atoms. The average Bonchev–Trinajstić information content (AvgIpc) is 3.17. The van der Waals surface area contributed by atoms with Gasteiger partial charge in [-0.1, -0.05) is 6.92 Å². The van der Waals surface area contributed by atoms with Crippen molar-refractivity contribution in [2.45, 2.75) is 69.7 Å². The van der Waals surface area contributed by atoms with Gasteiger partial charge in [0.2, 0.25) is 17.7 Å². The summed E-state index contributed by atoms with van der Waals surface area (Å²) in [6, 6.07) is -0.843. The molecule has 3 amide bonds. The monoisotopic (exact) mass is 381 g/mol. The minimum atomic E-state index is -1.02. The first-order valence-electron chi connectivity index (χ1n) is 9.72. The number of fused-ring (bicyclic) bond motifs is 1. The zero-order valence-electron chi connectivity index (χ0n) is 16.8. The second-order valence-electron chi connectivity index (χ2n) is 8.94. The second kappa shape index (κ2) is 6.44. The maximum absolute atomic E-state index is 13.3. The van der Waals surface area contributed by atoms with Crippen molar-refractivity contribution in [3.8, 4) is 0 Å². The summed E-state index contributed by atoms with van der Waals surface area (Å²) >= 11 is 0. The Kier molecular flexibility index (Phi) is 4.79.